The lowest BCUT2D eigenvalue weighted by Gasteiger charge is -2.02. The predicted molar refractivity (Wildman–Crippen MR) is 56.8 cm³/mol. The monoisotopic (exact) mass is 231 g/mol. The molecule has 0 atom stereocenters. The van der Waals surface area contributed by atoms with Crippen molar-refractivity contribution in [3.63, 3.8) is 0 Å². The van der Waals surface area contributed by atoms with E-state index in [9.17, 15) is 0 Å². The molecule has 0 radical (unpaired) electrons. The van der Waals surface area contributed by atoms with Crippen LogP contribution in [0.3, 0.4) is 0 Å². The summed E-state index contributed by atoms with van der Waals surface area (Å²) in [6, 6.07) is 5.24. The highest BCUT2D eigenvalue weighted by Crippen LogP contribution is 2.30. The van der Waals surface area contributed by atoms with E-state index in [2.05, 4.69) is 4.98 Å². The van der Waals surface area contributed by atoms with Crippen molar-refractivity contribution in [1.29, 1.82) is 0 Å². The minimum atomic E-state index is 0.418. The molecule has 0 bridgehead atoms. The maximum absolute atomic E-state index is 5.96. The van der Waals surface area contributed by atoms with Crippen LogP contribution in [-0.4, -0.2) is 4.98 Å². The van der Waals surface area contributed by atoms with Gasteiger partial charge in [-0.2, -0.15) is 0 Å². The first kappa shape index (κ1) is 9.07. The second kappa shape index (κ2) is 3.33. The van der Waals surface area contributed by atoms with Gasteiger partial charge in [0.05, 0.1) is 5.02 Å². The average Bonchev–Trinajstić information content (AvgIpc) is 2.07. The molecule has 0 fully saturated rings. The van der Waals surface area contributed by atoms with E-state index in [-0.39, 0.29) is 0 Å². The first-order valence-electron chi connectivity index (χ1n) is 3.58. The summed E-state index contributed by atoms with van der Waals surface area (Å²) in [6.07, 6.45) is 1.62. The predicted octanol–water partition coefficient (Wildman–Crippen LogP) is 4.20. The molecule has 0 aliphatic rings. The van der Waals surface area contributed by atoms with Crippen molar-refractivity contribution < 1.29 is 0 Å². The fraction of sp³-hybridized carbons (Fsp3) is 0. The Labute approximate surface area is 90.2 Å². The summed E-state index contributed by atoms with van der Waals surface area (Å²) in [5.41, 5.74) is 0. The lowest BCUT2D eigenvalue weighted by molar-refractivity contribution is 1.36. The topological polar surface area (TPSA) is 12.9 Å². The van der Waals surface area contributed by atoms with E-state index in [1.54, 1.807) is 24.4 Å². The van der Waals surface area contributed by atoms with Crippen LogP contribution in [0.15, 0.2) is 24.4 Å². The van der Waals surface area contributed by atoms with E-state index in [0.29, 0.717) is 15.2 Å². The van der Waals surface area contributed by atoms with Crippen LogP contribution in [0, 0.1) is 0 Å². The summed E-state index contributed by atoms with van der Waals surface area (Å²) in [6.45, 7) is 0. The number of pyridine rings is 1. The first-order chi connectivity index (χ1) is 6.18. The normalized spacial score (nSPS) is 10.7. The van der Waals surface area contributed by atoms with Gasteiger partial charge in [0.25, 0.3) is 0 Å². The van der Waals surface area contributed by atoms with Crippen molar-refractivity contribution in [3.8, 4) is 0 Å². The van der Waals surface area contributed by atoms with Gasteiger partial charge in [0, 0.05) is 22.0 Å². The second-order valence-electron chi connectivity index (χ2n) is 2.58. The maximum Gasteiger partial charge on any atom is 0.136 e. The smallest absolute Gasteiger partial charge is 0.136 e. The molecule has 4 heteroatoms. The van der Waals surface area contributed by atoms with Crippen LogP contribution in [0.5, 0.6) is 0 Å². The highest BCUT2D eigenvalue weighted by molar-refractivity contribution is 6.41. The van der Waals surface area contributed by atoms with Crippen LogP contribution in [0.1, 0.15) is 0 Å². The van der Waals surface area contributed by atoms with E-state index < -0.39 is 0 Å². The molecule has 1 heterocycles. The first-order valence-corrected chi connectivity index (χ1v) is 4.71. The van der Waals surface area contributed by atoms with Crippen molar-refractivity contribution >= 4 is 45.6 Å². The summed E-state index contributed by atoms with van der Waals surface area (Å²) >= 11 is 17.7. The van der Waals surface area contributed by atoms with Gasteiger partial charge in [0.1, 0.15) is 5.15 Å². The van der Waals surface area contributed by atoms with Crippen LogP contribution >= 0.6 is 34.8 Å². The number of nitrogens with zero attached hydrogens (tertiary/aromatic N) is 1. The quantitative estimate of drug-likeness (QED) is 0.621. The van der Waals surface area contributed by atoms with Crippen LogP contribution in [0.4, 0.5) is 0 Å². The van der Waals surface area contributed by atoms with E-state index in [1.165, 1.54) is 0 Å². The molecule has 1 aromatic carbocycles. The van der Waals surface area contributed by atoms with Gasteiger partial charge in [0.15, 0.2) is 0 Å². The van der Waals surface area contributed by atoms with Crippen molar-refractivity contribution in [2.24, 2.45) is 0 Å². The number of aromatic nitrogens is 1. The van der Waals surface area contributed by atoms with Gasteiger partial charge in [0.2, 0.25) is 0 Å². The Hall–Kier alpha value is -0.500. The number of benzene rings is 1. The zero-order chi connectivity index (χ0) is 9.42. The fourth-order valence-electron chi connectivity index (χ4n) is 1.17. The molecular formula is C9H4Cl3N. The third kappa shape index (κ3) is 1.60. The molecule has 0 saturated heterocycles. The molecule has 0 unspecified atom stereocenters. The SMILES string of the molecule is Clc1cc(Cl)c2ccnc(Cl)c2c1. The molecule has 2 aromatic rings. The highest BCUT2D eigenvalue weighted by Gasteiger charge is 2.04. The van der Waals surface area contributed by atoms with Crippen molar-refractivity contribution in [2.75, 3.05) is 0 Å². The van der Waals surface area contributed by atoms with Crippen LogP contribution in [0.25, 0.3) is 10.8 Å². The van der Waals surface area contributed by atoms with Gasteiger partial charge < -0.3 is 0 Å². The lowest BCUT2D eigenvalue weighted by atomic mass is 10.2. The molecule has 0 aliphatic heterocycles. The molecule has 0 N–H and O–H groups in total. The van der Waals surface area contributed by atoms with Crippen molar-refractivity contribution in [1.82, 2.24) is 4.98 Å². The number of rotatable bonds is 0. The van der Waals surface area contributed by atoms with Gasteiger partial charge in [-0.25, -0.2) is 4.98 Å². The molecule has 0 aliphatic carbocycles. The van der Waals surface area contributed by atoms with E-state index in [1.807, 2.05) is 0 Å². The molecular weight excluding hydrogens is 228 g/mol. The Morgan fingerprint density at radius 3 is 2.54 bits per heavy atom. The minimum Gasteiger partial charge on any atom is -0.244 e. The Morgan fingerprint density at radius 2 is 1.77 bits per heavy atom. The van der Waals surface area contributed by atoms with Crippen molar-refractivity contribution in [3.05, 3.63) is 39.6 Å². The van der Waals surface area contributed by atoms with Gasteiger partial charge in [-0.3, -0.25) is 0 Å². The standard InChI is InChI=1S/C9H4Cl3N/c10-5-3-7-6(8(11)4-5)1-2-13-9(7)12/h1-4H. The molecule has 1 nitrogen and oxygen atoms in total. The summed E-state index contributed by atoms with van der Waals surface area (Å²) in [7, 11) is 0. The zero-order valence-electron chi connectivity index (χ0n) is 6.39. The molecule has 13 heavy (non-hydrogen) atoms. The molecule has 0 spiro atoms. The fourth-order valence-corrected chi connectivity index (χ4v) is 1.94. The van der Waals surface area contributed by atoms with Crippen LogP contribution in [-0.2, 0) is 0 Å². The maximum atomic E-state index is 5.96. The average molecular weight is 232 g/mol. The van der Waals surface area contributed by atoms with Gasteiger partial charge in [-0.05, 0) is 18.2 Å². The second-order valence-corrected chi connectivity index (χ2v) is 3.79. The Balaban J connectivity index is 2.94. The third-order valence-electron chi connectivity index (χ3n) is 1.75. The number of fused-ring (bicyclic) bond motifs is 1. The zero-order valence-corrected chi connectivity index (χ0v) is 8.66. The Morgan fingerprint density at radius 1 is 1.00 bits per heavy atom. The van der Waals surface area contributed by atoms with Crippen molar-refractivity contribution in [2.45, 2.75) is 0 Å². The van der Waals surface area contributed by atoms with E-state index >= 15 is 0 Å². The van der Waals surface area contributed by atoms with E-state index in [0.717, 1.165) is 10.8 Å². The van der Waals surface area contributed by atoms with Gasteiger partial charge in [-0.1, -0.05) is 34.8 Å². The summed E-state index contributed by atoms with van der Waals surface area (Å²) in [5, 5.41) is 3.22. The molecule has 1 aromatic heterocycles. The van der Waals surface area contributed by atoms with Gasteiger partial charge >= 0.3 is 0 Å². The summed E-state index contributed by atoms with van der Waals surface area (Å²) in [4.78, 5) is 3.94. The number of halogens is 3. The Kier molecular flexibility index (Phi) is 2.33. The van der Waals surface area contributed by atoms with Gasteiger partial charge in [-0.15, -0.1) is 0 Å². The van der Waals surface area contributed by atoms with Crippen LogP contribution in [0.2, 0.25) is 15.2 Å². The molecule has 0 amide bonds. The number of hydrogen-bond donors (Lipinski definition) is 0. The molecule has 2 rings (SSSR count). The Bertz CT molecular complexity index is 468. The highest BCUT2D eigenvalue weighted by atomic mass is 35.5. The lowest BCUT2D eigenvalue weighted by Crippen LogP contribution is -1.79. The third-order valence-corrected chi connectivity index (χ3v) is 2.58. The minimum absolute atomic E-state index is 0.418. The van der Waals surface area contributed by atoms with E-state index in [4.69, 9.17) is 34.8 Å². The number of hydrogen-bond acceptors (Lipinski definition) is 1. The molecule has 0 saturated carbocycles. The molecule has 66 valence electrons. The summed E-state index contributed by atoms with van der Waals surface area (Å²) in [5.74, 6) is 0. The summed E-state index contributed by atoms with van der Waals surface area (Å²) < 4.78 is 0. The van der Waals surface area contributed by atoms with Crippen LogP contribution < -0.4 is 0 Å². The largest absolute Gasteiger partial charge is 0.244 e.